The summed E-state index contributed by atoms with van der Waals surface area (Å²) >= 11 is 0. The molecule has 1 saturated heterocycles. The quantitative estimate of drug-likeness (QED) is 0.910. The fraction of sp³-hybridized carbons (Fsp3) is 0.500. The van der Waals surface area contributed by atoms with Gasteiger partial charge < -0.3 is 10.2 Å². The van der Waals surface area contributed by atoms with Crippen molar-refractivity contribution in [1.29, 1.82) is 0 Å². The van der Waals surface area contributed by atoms with Gasteiger partial charge in [0, 0.05) is 32.2 Å². The number of rotatable bonds is 5. The second-order valence-electron chi connectivity index (χ2n) is 7.10. The maximum Gasteiger partial charge on any atom is 0.272 e. The van der Waals surface area contributed by atoms with Crippen molar-refractivity contribution in [2.24, 2.45) is 5.92 Å². The number of hydrogen-bond donors (Lipinski definition) is 1. The summed E-state index contributed by atoms with van der Waals surface area (Å²) in [5, 5.41) is 8.13. The smallest absolute Gasteiger partial charge is 0.272 e. The molecule has 134 valence electrons. The van der Waals surface area contributed by atoms with Crippen molar-refractivity contribution in [1.82, 2.24) is 20.0 Å². The van der Waals surface area contributed by atoms with E-state index < -0.39 is 0 Å². The van der Waals surface area contributed by atoms with Crippen LogP contribution in [0.25, 0.3) is 0 Å². The molecule has 1 aliphatic rings. The van der Waals surface area contributed by atoms with E-state index in [1.54, 1.807) is 0 Å². The first-order valence-electron chi connectivity index (χ1n) is 9.22. The van der Waals surface area contributed by atoms with Crippen molar-refractivity contribution >= 4 is 5.91 Å². The van der Waals surface area contributed by atoms with Crippen LogP contribution in [-0.4, -0.2) is 40.2 Å². The van der Waals surface area contributed by atoms with Gasteiger partial charge in [-0.3, -0.25) is 9.48 Å². The summed E-state index contributed by atoms with van der Waals surface area (Å²) in [5.41, 5.74) is 2.95. The Labute approximate surface area is 150 Å². The third-order valence-electron chi connectivity index (χ3n) is 4.63. The van der Waals surface area contributed by atoms with Gasteiger partial charge in [-0.2, -0.15) is 5.10 Å². The molecular formula is C20H28N4O. The number of hydrogen-bond acceptors (Lipinski definition) is 3. The highest BCUT2D eigenvalue weighted by atomic mass is 16.2. The average molecular weight is 340 g/mol. The molecule has 25 heavy (non-hydrogen) atoms. The van der Waals surface area contributed by atoms with E-state index in [4.69, 9.17) is 0 Å². The minimum absolute atomic E-state index is 0.0896. The largest absolute Gasteiger partial charge is 0.334 e. The van der Waals surface area contributed by atoms with Crippen LogP contribution in [0.15, 0.2) is 36.4 Å². The lowest BCUT2D eigenvalue weighted by Gasteiger charge is -2.34. The van der Waals surface area contributed by atoms with Crippen molar-refractivity contribution < 1.29 is 4.79 Å². The highest BCUT2D eigenvalue weighted by molar-refractivity contribution is 5.92. The molecule has 5 nitrogen and oxygen atoms in total. The van der Waals surface area contributed by atoms with E-state index in [9.17, 15) is 4.79 Å². The number of benzene rings is 1. The van der Waals surface area contributed by atoms with Crippen molar-refractivity contribution in [2.45, 2.75) is 39.8 Å². The van der Waals surface area contributed by atoms with E-state index in [0.29, 0.717) is 24.7 Å². The lowest BCUT2D eigenvalue weighted by Crippen LogP contribution is -2.48. The van der Waals surface area contributed by atoms with Gasteiger partial charge in [0.15, 0.2) is 0 Å². The van der Waals surface area contributed by atoms with Gasteiger partial charge in [0.2, 0.25) is 0 Å². The summed E-state index contributed by atoms with van der Waals surface area (Å²) in [4.78, 5) is 15.0. The van der Waals surface area contributed by atoms with Gasteiger partial charge in [-0.25, -0.2) is 0 Å². The van der Waals surface area contributed by atoms with Crippen LogP contribution in [-0.2, 0) is 13.0 Å². The molecule has 1 fully saturated rings. The molecule has 0 spiro atoms. The molecule has 5 heteroatoms. The van der Waals surface area contributed by atoms with Crippen molar-refractivity contribution in [3.8, 4) is 0 Å². The Morgan fingerprint density at radius 1 is 1.32 bits per heavy atom. The first kappa shape index (κ1) is 17.7. The van der Waals surface area contributed by atoms with Gasteiger partial charge in [0.05, 0.1) is 5.69 Å². The van der Waals surface area contributed by atoms with E-state index in [-0.39, 0.29) is 11.9 Å². The molecule has 0 bridgehead atoms. The summed E-state index contributed by atoms with van der Waals surface area (Å²) < 4.78 is 1.85. The van der Waals surface area contributed by atoms with Crippen LogP contribution in [0.5, 0.6) is 0 Å². The normalized spacial score (nSPS) is 17.9. The maximum absolute atomic E-state index is 13.1. The summed E-state index contributed by atoms with van der Waals surface area (Å²) in [7, 11) is 0. The molecular weight excluding hydrogens is 312 g/mol. The van der Waals surface area contributed by atoms with Crippen LogP contribution < -0.4 is 5.32 Å². The first-order chi connectivity index (χ1) is 12.1. The third kappa shape index (κ3) is 4.10. The average Bonchev–Trinajstić information content (AvgIpc) is 3.04. The number of amides is 1. The van der Waals surface area contributed by atoms with Gasteiger partial charge in [0.25, 0.3) is 5.91 Å². The van der Waals surface area contributed by atoms with Gasteiger partial charge in [-0.05, 0) is 30.9 Å². The summed E-state index contributed by atoms with van der Waals surface area (Å²) in [5.74, 6) is 0.622. The van der Waals surface area contributed by atoms with Gasteiger partial charge in [0.1, 0.15) is 5.69 Å². The number of piperazine rings is 1. The second kappa shape index (κ2) is 7.83. The van der Waals surface area contributed by atoms with Gasteiger partial charge in [-0.15, -0.1) is 0 Å². The van der Waals surface area contributed by atoms with E-state index in [1.165, 1.54) is 5.56 Å². The monoisotopic (exact) mass is 340 g/mol. The fourth-order valence-electron chi connectivity index (χ4n) is 3.41. The molecule has 1 aliphatic heterocycles. The Bertz CT molecular complexity index is 708. The zero-order valence-electron chi connectivity index (χ0n) is 15.4. The van der Waals surface area contributed by atoms with Gasteiger partial charge >= 0.3 is 0 Å². The Balaban J connectivity index is 1.77. The lowest BCUT2D eigenvalue weighted by atomic mass is 10.0. The highest BCUT2D eigenvalue weighted by Gasteiger charge is 2.27. The zero-order valence-corrected chi connectivity index (χ0v) is 15.4. The SMILES string of the molecule is CCn1nc(CC(C)C)cc1C(=O)N1CCNC(c2ccccc2)C1. The molecule has 2 heterocycles. The van der Waals surface area contributed by atoms with Crippen LogP contribution in [0.3, 0.4) is 0 Å². The number of nitrogens with one attached hydrogen (secondary N) is 1. The first-order valence-corrected chi connectivity index (χ1v) is 9.22. The summed E-state index contributed by atoms with van der Waals surface area (Å²) in [6.45, 7) is 9.33. The molecule has 1 amide bonds. The molecule has 1 aromatic heterocycles. The molecule has 3 rings (SSSR count). The Kier molecular flexibility index (Phi) is 5.53. The minimum atomic E-state index is 0.0896. The molecule has 1 atom stereocenters. The molecule has 0 saturated carbocycles. The molecule has 1 N–H and O–H groups in total. The zero-order chi connectivity index (χ0) is 17.8. The van der Waals surface area contributed by atoms with Crippen LogP contribution >= 0.6 is 0 Å². The lowest BCUT2D eigenvalue weighted by molar-refractivity contribution is 0.0690. The highest BCUT2D eigenvalue weighted by Crippen LogP contribution is 2.19. The topological polar surface area (TPSA) is 50.2 Å². The van der Waals surface area contributed by atoms with E-state index >= 15 is 0 Å². The van der Waals surface area contributed by atoms with Crippen LogP contribution in [0.2, 0.25) is 0 Å². The molecule has 1 unspecified atom stereocenters. The molecule has 0 radical (unpaired) electrons. The van der Waals surface area contributed by atoms with Crippen LogP contribution in [0.4, 0.5) is 0 Å². The van der Waals surface area contributed by atoms with Gasteiger partial charge in [-0.1, -0.05) is 44.2 Å². The van der Waals surface area contributed by atoms with E-state index in [2.05, 4.69) is 36.4 Å². The standard InChI is InChI=1S/C20H28N4O/c1-4-24-19(13-17(22-24)12-15(2)3)20(25)23-11-10-21-18(14-23)16-8-6-5-7-9-16/h5-9,13,15,18,21H,4,10-12,14H2,1-3H3. The summed E-state index contributed by atoms with van der Waals surface area (Å²) in [6, 6.07) is 12.5. The third-order valence-corrected chi connectivity index (χ3v) is 4.63. The van der Waals surface area contributed by atoms with Crippen molar-refractivity contribution in [3.63, 3.8) is 0 Å². The number of aromatic nitrogens is 2. The molecule has 0 aliphatic carbocycles. The number of nitrogens with zero attached hydrogens (tertiary/aromatic N) is 3. The second-order valence-corrected chi connectivity index (χ2v) is 7.10. The molecule has 1 aromatic carbocycles. The summed E-state index contributed by atoms with van der Waals surface area (Å²) in [6.07, 6.45) is 0.904. The Morgan fingerprint density at radius 3 is 2.76 bits per heavy atom. The Morgan fingerprint density at radius 2 is 2.08 bits per heavy atom. The number of carbonyl (C=O) groups excluding carboxylic acids is 1. The van der Waals surface area contributed by atoms with Crippen molar-refractivity contribution in [3.05, 3.63) is 53.3 Å². The predicted octanol–water partition coefficient (Wildman–Crippen LogP) is 2.89. The minimum Gasteiger partial charge on any atom is -0.334 e. The van der Waals surface area contributed by atoms with Crippen molar-refractivity contribution in [2.75, 3.05) is 19.6 Å². The van der Waals surface area contributed by atoms with E-state index in [1.807, 2.05) is 40.8 Å². The van der Waals surface area contributed by atoms with Crippen LogP contribution in [0, 0.1) is 5.92 Å². The maximum atomic E-state index is 13.1. The number of aryl methyl sites for hydroxylation is 1. The number of carbonyl (C=O) groups is 1. The molecule has 2 aromatic rings. The van der Waals surface area contributed by atoms with E-state index in [0.717, 1.165) is 25.2 Å². The fourth-order valence-corrected chi connectivity index (χ4v) is 3.41. The van der Waals surface area contributed by atoms with Crippen LogP contribution in [0.1, 0.15) is 48.6 Å². The predicted molar refractivity (Wildman–Crippen MR) is 99.5 cm³/mol. The Hall–Kier alpha value is -2.14.